The molecule has 0 radical (unpaired) electrons. The lowest BCUT2D eigenvalue weighted by Crippen LogP contribution is -2.41. The molecule has 1 aliphatic carbocycles. The lowest BCUT2D eigenvalue weighted by Gasteiger charge is -2.21. The summed E-state index contributed by atoms with van der Waals surface area (Å²) in [6.45, 7) is 0.205. The summed E-state index contributed by atoms with van der Waals surface area (Å²) in [7, 11) is 0. The second-order valence-corrected chi connectivity index (χ2v) is 10.4. The number of nitrogens with one attached hydrogen (secondary N) is 1. The highest BCUT2D eigenvalue weighted by atomic mass is 127. The Bertz CT molecular complexity index is 1290. The van der Waals surface area contributed by atoms with Crippen molar-refractivity contribution < 1.29 is 24.2 Å². The Morgan fingerprint density at radius 3 is 2.31 bits per heavy atom. The lowest BCUT2D eigenvalue weighted by atomic mass is 9.98. The maximum Gasteiger partial charge on any atom is 0.411 e. The van der Waals surface area contributed by atoms with Crippen molar-refractivity contribution in [2.75, 3.05) is 23.6 Å². The number of amides is 2. The van der Waals surface area contributed by atoms with Gasteiger partial charge in [0.2, 0.25) is 0 Å². The summed E-state index contributed by atoms with van der Waals surface area (Å²) >= 11 is 3.45. The number of carboxylic acid groups (broad SMARTS) is 1. The van der Waals surface area contributed by atoms with Gasteiger partial charge in [0.05, 0.1) is 11.6 Å². The van der Waals surface area contributed by atoms with Crippen molar-refractivity contribution in [3.05, 3.63) is 87.0 Å². The summed E-state index contributed by atoms with van der Waals surface area (Å²) in [6, 6.07) is 20.3. The Labute approximate surface area is 220 Å². The van der Waals surface area contributed by atoms with E-state index in [0.29, 0.717) is 26.5 Å². The normalized spacial score (nSPS) is 16.5. The number of carbonyl (C=O) groups is 3. The fourth-order valence-corrected chi connectivity index (χ4v) is 6.30. The molecule has 1 heterocycles. The number of rotatable bonds is 5. The smallest absolute Gasteiger partial charge is 0.411 e. The van der Waals surface area contributed by atoms with Gasteiger partial charge < -0.3 is 14.7 Å². The van der Waals surface area contributed by atoms with Gasteiger partial charge in [0.1, 0.15) is 12.6 Å². The van der Waals surface area contributed by atoms with Crippen LogP contribution < -0.4 is 5.32 Å². The maximum absolute atomic E-state index is 12.8. The summed E-state index contributed by atoms with van der Waals surface area (Å²) in [5.74, 6) is -0.668. The van der Waals surface area contributed by atoms with Gasteiger partial charge in [-0.05, 0) is 63.0 Å². The second-order valence-electron chi connectivity index (χ2n) is 8.27. The van der Waals surface area contributed by atoms with E-state index in [1.54, 1.807) is 18.2 Å². The van der Waals surface area contributed by atoms with Crippen LogP contribution in [0.1, 0.15) is 27.4 Å². The first-order valence-corrected chi connectivity index (χ1v) is 13.2. The molecule has 9 heteroatoms. The molecule has 5 rings (SSSR count). The fraction of sp³-hybridized carbons (Fsp3) is 0.192. The van der Waals surface area contributed by atoms with E-state index in [1.807, 2.05) is 46.9 Å². The number of aliphatic carboxylic acids is 1. The van der Waals surface area contributed by atoms with Crippen molar-refractivity contribution in [1.82, 2.24) is 4.90 Å². The third kappa shape index (κ3) is 4.62. The summed E-state index contributed by atoms with van der Waals surface area (Å²) < 4.78 is 6.25. The number of halogens is 1. The molecule has 1 atom stereocenters. The minimum Gasteiger partial charge on any atom is -0.480 e. The van der Waals surface area contributed by atoms with Gasteiger partial charge in [-0.15, -0.1) is 11.8 Å². The van der Waals surface area contributed by atoms with Crippen LogP contribution in [0, 0.1) is 3.57 Å². The number of thioether (sulfide) groups is 1. The van der Waals surface area contributed by atoms with Crippen molar-refractivity contribution >= 4 is 58.0 Å². The zero-order valence-corrected chi connectivity index (χ0v) is 21.4. The van der Waals surface area contributed by atoms with E-state index >= 15 is 0 Å². The summed E-state index contributed by atoms with van der Waals surface area (Å²) in [5.41, 5.74) is 5.49. The number of hydrogen-bond acceptors (Lipinski definition) is 5. The molecule has 2 aliphatic rings. The molecule has 1 saturated heterocycles. The SMILES string of the molecule is O=C(Nc1ccc(C(=O)N2CSC[C@H]2C(=O)O)cc1I)OCC1c2ccccc2-c2ccccc21. The molecule has 0 saturated carbocycles. The molecule has 7 nitrogen and oxygen atoms in total. The first-order chi connectivity index (χ1) is 16.9. The number of anilines is 1. The van der Waals surface area contributed by atoms with Gasteiger partial charge in [0.15, 0.2) is 0 Å². The second kappa shape index (κ2) is 9.90. The molecule has 0 aromatic heterocycles. The fourth-order valence-electron chi connectivity index (χ4n) is 4.51. The molecule has 3 aromatic rings. The first-order valence-electron chi connectivity index (χ1n) is 11.0. The Morgan fingerprint density at radius 2 is 1.69 bits per heavy atom. The van der Waals surface area contributed by atoms with E-state index in [2.05, 4.69) is 29.6 Å². The van der Waals surface area contributed by atoms with Gasteiger partial charge in [0.25, 0.3) is 5.91 Å². The maximum atomic E-state index is 12.8. The van der Waals surface area contributed by atoms with Gasteiger partial charge in [0, 0.05) is 20.8 Å². The van der Waals surface area contributed by atoms with E-state index in [1.165, 1.54) is 16.7 Å². The van der Waals surface area contributed by atoms with Crippen molar-refractivity contribution in [2.45, 2.75) is 12.0 Å². The zero-order valence-electron chi connectivity index (χ0n) is 18.4. The van der Waals surface area contributed by atoms with Crippen LogP contribution in [0.2, 0.25) is 0 Å². The lowest BCUT2D eigenvalue weighted by molar-refractivity contribution is -0.140. The zero-order chi connectivity index (χ0) is 24.5. The molecule has 35 heavy (non-hydrogen) atoms. The number of carboxylic acids is 1. The van der Waals surface area contributed by atoms with E-state index in [9.17, 15) is 19.5 Å². The highest BCUT2D eigenvalue weighted by Crippen LogP contribution is 2.44. The molecular formula is C26H21IN2O5S. The van der Waals surface area contributed by atoms with Gasteiger partial charge in [-0.3, -0.25) is 10.1 Å². The molecule has 2 amide bonds. The third-order valence-corrected chi connectivity index (χ3v) is 8.13. The minimum absolute atomic E-state index is 0.0345. The summed E-state index contributed by atoms with van der Waals surface area (Å²) in [5, 5.41) is 12.1. The van der Waals surface area contributed by atoms with Crippen LogP contribution in [-0.2, 0) is 9.53 Å². The van der Waals surface area contributed by atoms with E-state index in [0.717, 1.165) is 22.3 Å². The van der Waals surface area contributed by atoms with Crippen LogP contribution >= 0.6 is 34.4 Å². The molecule has 1 aliphatic heterocycles. The number of carbonyl (C=O) groups excluding carboxylic acids is 2. The molecule has 3 aromatic carbocycles. The predicted octanol–water partition coefficient (Wildman–Crippen LogP) is 5.25. The minimum atomic E-state index is -1.01. The van der Waals surface area contributed by atoms with Gasteiger partial charge >= 0.3 is 12.1 Å². The highest BCUT2D eigenvalue weighted by Gasteiger charge is 2.35. The van der Waals surface area contributed by atoms with Crippen molar-refractivity contribution in [1.29, 1.82) is 0 Å². The molecule has 0 spiro atoms. The van der Waals surface area contributed by atoms with Crippen molar-refractivity contribution in [3.63, 3.8) is 0 Å². The van der Waals surface area contributed by atoms with Crippen LogP contribution in [0.25, 0.3) is 11.1 Å². The van der Waals surface area contributed by atoms with Gasteiger partial charge in [-0.25, -0.2) is 9.59 Å². The topological polar surface area (TPSA) is 95.9 Å². The Kier molecular flexibility index (Phi) is 6.70. The molecule has 1 fully saturated rings. The Hall–Kier alpha value is -3.05. The van der Waals surface area contributed by atoms with E-state index in [4.69, 9.17) is 4.74 Å². The van der Waals surface area contributed by atoms with Crippen LogP contribution in [-0.4, -0.2) is 52.3 Å². The molecule has 0 unspecified atom stereocenters. The Balaban J connectivity index is 1.25. The Morgan fingerprint density at radius 1 is 1.03 bits per heavy atom. The van der Waals surface area contributed by atoms with E-state index in [-0.39, 0.29) is 18.4 Å². The average Bonchev–Trinajstić information content (AvgIpc) is 3.47. The summed E-state index contributed by atoms with van der Waals surface area (Å²) in [4.78, 5) is 38.2. The third-order valence-electron chi connectivity index (χ3n) is 6.22. The first kappa shape index (κ1) is 23.7. The van der Waals surface area contributed by atoms with E-state index < -0.39 is 18.1 Å². The molecule has 0 bridgehead atoms. The van der Waals surface area contributed by atoms with Crippen molar-refractivity contribution in [2.24, 2.45) is 0 Å². The van der Waals surface area contributed by atoms with Crippen LogP contribution in [0.4, 0.5) is 10.5 Å². The molecular weight excluding hydrogens is 579 g/mol. The number of benzene rings is 3. The van der Waals surface area contributed by atoms with Gasteiger partial charge in [-0.1, -0.05) is 48.5 Å². The van der Waals surface area contributed by atoms with Crippen LogP contribution in [0.5, 0.6) is 0 Å². The van der Waals surface area contributed by atoms with Crippen LogP contribution in [0.15, 0.2) is 66.7 Å². The number of fused-ring (bicyclic) bond motifs is 3. The standard InChI is InChI=1S/C26H21IN2O5S/c27-21-11-15(24(30)29-14-35-13-23(29)25(31)32)9-10-22(21)28-26(33)34-12-20-18-7-3-1-5-16(18)17-6-2-4-8-19(17)20/h1-11,20,23H,12-14H2,(H,28,33)(H,31,32)/t23-/m0/s1. The predicted molar refractivity (Wildman–Crippen MR) is 143 cm³/mol. The summed E-state index contributed by atoms with van der Waals surface area (Å²) in [6.07, 6.45) is -0.578. The monoisotopic (exact) mass is 600 g/mol. The highest BCUT2D eigenvalue weighted by molar-refractivity contribution is 14.1. The molecule has 2 N–H and O–H groups in total. The molecule has 178 valence electrons. The number of ether oxygens (including phenoxy) is 1. The number of nitrogens with zero attached hydrogens (tertiary/aromatic N) is 1. The van der Waals surface area contributed by atoms with Crippen molar-refractivity contribution in [3.8, 4) is 11.1 Å². The number of hydrogen-bond donors (Lipinski definition) is 2. The largest absolute Gasteiger partial charge is 0.480 e. The van der Waals surface area contributed by atoms with Crippen LogP contribution in [0.3, 0.4) is 0 Å². The average molecular weight is 600 g/mol. The quantitative estimate of drug-likeness (QED) is 0.389. The van der Waals surface area contributed by atoms with Gasteiger partial charge in [-0.2, -0.15) is 0 Å².